The summed E-state index contributed by atoms with van der Waals surface area (Å²) in [5.74, 6) is 0. The van der Waals surface area contributed by atoms with Gasteiger partial charge in [-0.25, -0.2) is 0 Å². The number of allylic oxidation sites excluding steroid dienone is 1. The van der Waals surface area contributed by atoms with Crippen molar-refractivity contribution in [2.75, 3.05) is 0 Å². The van der Waals surface area contributed by atoms with Crippen molar-refractivity contribution in [3.63, 3.8) is 0 Å². The van der Waals surface area contributed by atoms with E-state index >= 15 is 0 Å². The van der Waals surface area contributed by atoms with E-state index in [2.05, 4.69) is 6.08 Å². The van der Waals surface area contributed by atoms with Gasteiger partial charge < -0.3 is 5.11 Å². The SMILES string of the molecule is Cc1c(Cl)cccc1C(O)C1=CCCCCC1. The van der Waals surface area contributed by atoms with Crippen molar-refractivity contribution in [2.45, 2.75) is 45.1 Å². The lowest BCUT2D eigenvalue weighted by molar-refractivity contribution is 0.210. The van der Waals surface area contributed by atoms with Crippen LogP contribution in [0, 0.1) is 6.92 Å². The number of hydrogen-bond donors (Lipinski definition) is 1. The van der Waals surface area contributed by atoms with Crippen molar-refractivity contribution in [2.24, 2.45) is 0 Å². The molecule has 92 valence electrons. The molecule has 0 radical (unpaired) electrons. The van der Waals surface area contributed by atoms with E-state index in [-0.39, 0.29) is 0 Å². The lowest BCUT2D eigenvalue weighted by Crippen LogP contribution is -2.04. The molecule has 2 rings (SSSR count). The molecular formula is C15H19ClO. The number of halogens is 1. The second-order valence-electron chi connectivity index (χ2n) is 4.73. The molecule has 17 heavy (non-hydrogen) atoms. The van der Waals surface area contributed by atoms with Crippen LogP contribution in [0.3, 0.4) is 0 Å². The van der Waals surface area contributed by atoms with Crippen LogP contribution in [0.4, 0.5) is 0 Å². The summed E-state index contributed by atoms with van der Waals surface area (Å²) in [7, 11) is 0. The van der Waals surface area contributed by atoms with Crippen molar-refractivity contribution in [3.8, 4) is 0 Å². The molecular weight excluding hydrogens is 232 g/mol. The molecule has 0 spiro atoms. The van der Waals surface area contributed by atoms with Crippen LogP contribution in [0.25, 0.3) is 0 Å². The first-order valence-electron chi connectivity index (χ1n) is 6.32. The van der Waals surface area contributed by atoms with E-state index in [4.69, 9.17) is 11.6 Å². The molecule has 0 amide bonds. The van der Waals surface area contributed by atoms with Crippen LogP contribution >= 0.6 is 11.6 Å². The van der Waals surface area contributed by atoms with Gasteiger partial charge in [-0.15, -0.1) is 0 Å². The molecule has 0 saturated carbocycles. The lowest BCUT2D eigenvalue weighted by Gasteiger charge is -2.17. The third-order valence-corrected chi connectivity index (χ3v) is 3.94. The summed E-state index contributed by atoms with van der Waals surface area (Å²) in [6.07, 6.45) is 7.51. The normalized spacial score (nSPS) is 18.4. The molecule has 1 aromatic rings. The molecule has 0 fully saturated rings. The molecule has 1 atom stereocenters. The Labute approximate surface area is 108 Å². The molecule has 0 aromatic heterocycles. The second-order valence-corrected chi connectivity index (χ2v) is 5.14. The summed E-state index contributed by atoms with van der Waals surface area (Å²) in [6.45, 7) is 1.97. The summed E-state index contributed by atoms with van der Waals surface area (Å²) >= 11 is 6.10. The first kappa shape index (κ1) is 12.7. The third kappa shape index (κ3) is 2.91. The Kier molecular flexibility index (Phi) is 4.25. The van der Waals surface area contributed by atoms with Gasteiger partial charge in [0.2, 0.25) is 0 Å². The Morgan fingerprint density at radius 2 is 2.06 bits per heavy atom. The average molecular weight is 251 g/mol. The Morgan fingerprint density at radius 3 is 2.88 bits per heavy atom. The fourth-order valence-corrected chi connectivity index (χ4v) is 2.59. The largest absolute Gasteiger partial charge is 0.384 e. The maximum absolute atomic E-state index is 10.4. The minimum Gasteiger partial charge on any atom is -0.384 e. The highest BCUT2D eigenvalue weighted by atomic mass is 35.5. The maximum atomic E-state index is 10.4. The highest BCUT2D eigenvalue weighted by Gasteiger charge is 2.17. The molecule has 0 saturated heterocycles. The van der Waals surface area contributed by atoms with Gasteiger partial charge in [-0.2, -0.15) is 0 Å². The van der Waals surface area contributed by atoms with Gasteiger partial charge in [0.1, 0.15) is 6.10 Å². The Morgan fingerprint density at radius 1 is 1.24 bits per heavy atom. The zero-order valence-electron chi connectivity index (χ0n) is 10.2. The topological polar surface area (TPSA) is 20.2 Å². The van der Waals surface area contributed by atoms with E-state index in [9.17, 15) is 5.11 Å². The molecule has 1 unspecified atom stereocenters. The van der Waals surface area contributed by atoms with Gasteiger partial charge in [0.15, 0.2) is 0 Å². The number of benzene rings is 1. The predicted octanol–water partition coefficient (Wildman–Crippen LogP) is 4.57. The van der Waals surface area contributed by atoms with Crippen LogP contribution in [0.1, 0.15) is 49.3 Å². The van der Waals surface area contributed by atoms with Crippen molar-refractivity contribution in [3.05, 3.63) is 46.0 Å². The highest BCUT2D eigenvalue weighted by molar-refractivity contribution is 6.31. The van der Waals surface area contributed by atoms with Crippen molar-refractivity contribution >= 4 is 11.6 Å². The van der Waals surface area contributed by atoms with E-state index in [1.54, 1.807) is 0 Å². The number of rotatable bonds is 2. The zero-order valence-corrected chi connectivity index (χ0v) is 11.0. The molecule has 1 aromatic carbocycles. The molecule has 0 heterocycles. The summed E-state index contributed by atoms with van der Waals surface area (Å²) in [4.78, 5) is 0. The summed E-state index contributed by atoms with van der Waals surface area (Å²) < 4.78 is 0. The molecule has 0 aliphatic heterocycles. The summed E-state index contributed by atoms with van der Waals surface area (Å²) in [6, 6.07) is 5.75. The second kappa shape index (κ2) is 5.70. The van der Waals surface area contributed by atoms with Gasteiger partial charge in [-0.05, 0) is 55.4 Å². The number of aliphatic hydroxyl groups is 1. The molecule has 1 aliphatic rings. The molecule has 1 N–H and O–H groups in total. The third-order valence-electron chi connectivity index (χ3n) is 3.53. The molecule has 1 nitrogen and oxygen atoms in total. The van der Waals surface area contributed by atoms with E-state index < -0.39 is 6.10 Å². The smallest absolute Gasteiger partial charge is 0.100 e. The number of hydrogen-bond acceptors (Lipinski definition) is 1. The van der Waals surface area contributed by atoms with Gasteiger partial charge in [0, 0.05) is 5.02 Å². The van der Waals surface area contributed by atoms with E-state index in [0.717, 1.165) is 34.6 Å². The monoisotopic (exact) mass is 250 g/mol. The zero-order chi connectivity index (χ0) is 12.3. The minimum absolute atomic E-state index is 0.480. The van der Waals surface area contributed by atoms with Gasteiger partial charge in [-0.3, -0.25) is 0 Å². The summed E-state index contributed by atoms with van der Waals surface area (Å²) in [5, 5.41) is 11.2. The van der Waals surface area contributed by atoms with Gasteiger partial charge in [-0.1, -0.05) is 36.2 Å². The standard InChI is InChI=1S/C15H19ClO/c1-11-13(9-6-10-14(11)16)15(17)12-7-4-2-3-5-8-12/h6-7,9-10,15,17H,2-5,8H2,1H3. The Balaban J connectivity index is 2.26. The summed E-state index contributed by atoms with van der Waals surface area (Å²) in [5.41, 5.74) is 3.10. The maximum Gasteiger partial charge on any atom is 0.100 e. The van der Waals surface area contributed by atoms with Crippen LogP contribution < -0.4 is 0 Å². The van der Waals surface area contributed by atoms with E-state index in [0.29, 0.717) is 0 Å². The van der Waals surface area contributed by atoms with Gasteiger partial charge in [0.05, 0.1) is 0 Å². The van der Waals surface area contributed by atoms with E-state index in [1.165, 1.54) is 19.3 Å². The quantitative estimate of drug-likeness (QED) is 0.763. The number of aliphatic hydroxyl groups excluding tert-OH is 1. The van der Waals surface area contributed by atoms with Gasteiger partial charge in [0.25, 0.3) is 0 Å². The van der Waals surface area contributed by atoms with Crippen molar-refractivity contribution in [1.29, 1.82) is 0 Å². The van der Waals surface area contributed by atoms with Gasteiger partial charge >= 0.3 is 0 Å². The minimum atomic E-state index is -0.480. The van der Waals surface area contributed by atoms with Crippen LogP contribution in [-0.2, 0) is 0 Å². The van der Waals surface area contributed by atoms with Crippen LogP contribution in [0.2, 0.25) is 5.02 Å². The predicted molar refractivity (Wildman–Crippen MR) is 72.3 cm³/mol. The highest BCUT2D eigenvalue weighted by Crippen LogP contribution is 2.32. The molecule has 2 heteroatoms. The van der Waals surface area contributed by atoms with Crippen LogP contribution in [0.5, 0.6) is 0 Å². The van der Waals surface area contributed by atoms with Crippen molar-refractivity contribution < 1.29 is 5.11 Å². The first-order valence-corrected chi connectivity index (χ1v) is 6.70. The first-order chi connectivity index (χ1) is 8.20. The molecule has 1 aliphatic carbocycles. The fraction of sp³-hybridized carbons (Fsp3) is 0.467. The Bertz CT molecular complexity index is 423. The fourth-order valence-electron chi connectivity index (χ4n) is 2.41. The lowest BCUT2D eigenvalue weighted by atomic mass is 9.95. The van der Waals surface area contributed by atoms with Crippen molar-refractivity contribution in [1.82, 2.24) is 0 Å². The van der Waals surface area contributed by atoms with E-state index in [1.807, 2.05) is 25.1 Å². The molecule has 0 bridgehead atoms. The Hall–Kier alpha value is -0.790. The van der Waals surface area contributed by atoms with Crippen LogP contribution in [-0.4, -0.2) is 5.11 Å². The average Bonchev–Trinajstić information content (AvgIpc) is 2.60. The van der Waals surface area contributed by atoms with Crippen LogP contribution in [0.15, 0.2) is 29.8 Å².